The fraction of sp³-hybridized carbons (Fsp3) is 0.864. The molecule has 0 aromatic heterocycles. The number of carbonyl (C=O) groups is 2. The molecule has 0 bridgehead atoms. The third kappa shape index (κ3) is 51.3. The molecule has 0 saturated heterocycles. The van der Waals surface area contributed by atoms with Crippen LogP contribution in [-0.2, 0) is 14.3 Å². The topological polar surface area (TPSA) is 95.9 Å². The number of aliphatic hydroxyl groups excluding tert-OH is 2. The number of aliphatic hydroxyl groups is 2. The smallest absolute Gasteiger partial charge is 0.305 e. The van der Waals surface area contributed by atoms with Gasteiger partial charge in [0.1, 0.15) is 0 Å². The number of hydrogen-bond donors (Lipinski definition) is 3. The van der Waals surface area contributed by atoms with Gasteiger partial charge in [0.05, 0.1) is 25.4 Å². The Kier molecular flexibility index (Phi) is 53.1. The maximum absolute atomic E-state index is 12.4. The summed E-state index contributed by atoms with van der Waals surface area (Å²) in [5.41, 5.74) is 0. The Labute approximate surface area is 404 Å². The second-order valence-corrected chi connectivity index (χ2v) is 19.6. The van der Waals surface area contributed by atoms with Crippen molar-refractivity contribution < 1.29 is 24.5 Å². The molecule has 0 aliphatic heterocycles. The summed E-state index contributed by atoms with van der Waals surface area (Å²) >= 11 is 0. The van der Waals surface area contributed by atoms with Gasteiger partial charge < -0.3 is 20.3 Å². The van der Waals surface area contributed by atoms with Crippen molar-refractivity contribution in [2.45, 2.75) is 315 Å². The monoisotopic (exact) mass is 914 g/mol. The van der Waals surface area contributed by atoms with Crippen LogP contribution in [0.3, 0.4) is 0 Å². The Morgan fingerprint density at radius 3 is 1.20 bits per heavy atom. The van der Waals surface area contributed by atoms with Crippen LogP contribution in [0.5, 0.6) is 0 Å². The Balaban J connectivity index is 3.44. The first-order chi connectivity index (χ1) is 32.0. The van der Waals surface area contributed by atoms with Crippen LogP contribution in [0.2, 0.25) is 0 Å². The van der Waals surface area contributed by atoms with Crippen molar-refractivity contribution in [2.24, 2.45) is 0 Å². The predicted octanol–water partition coefficient (Wildman–Crippen LogP) is 17.6. The highest BCUT2D eigenvalue weighted by Crippen LogP contribution is 2.16. The average Bonchev–Trinajstić information content (AvgIpc) is 3.31. The fourth-order valence-corrected chi connectivity index (χ4v) is 8.72. The molecule has 0 heterocycles. The normalized spacial score (nSPS) is 12.9. The van der Waals surface area contributed by atoms with E-state index in [1.165, 1.54) is 205 Å². The number of nitrogens with one attached hydrogen (secondary N) is 1. The molecule has 382 valence electrons. The first-order valence-electron chi connectivity index (χ1n) is 28.7. The van der Waals surface area contributed by atoms with Gasteiger partial charge in [-0.1, -0.05) is 243 Å². The minimum atomic E-state index is -0.672. The lowest BCUT2D eigenvalue weighted by atomic mass is 10.0. The molecule has 0 saturated carbocycles. The van der Waals surface area contributed by atoms with E-state index in [4.69, 9.17) is 4.74 Å². The van der Waals surface area contributed by atoms with Crippen LogP contribution in [0.15, 0.2) is 36.5 Å². The number of unbranched alkanes of at least 4 members (excludes halogenated alkanes) is 36. The van der Waals surface area contributed by atoms with Crippen LogP contribution in [0.1, 0.15) is 303 Å². The number of amides is 1. The number of esters is 1. The van der Waals surface area contributed by atoms with Crippen LogP contribution in [0, 0.1) is 0 Å². The molecule has 0 fully saturated rings. The molecule has 2 unspecified atom stereocenters. The van der Waals surface area contributed by atoms with Gasteiger partial charge in [-0.2, -0.15) is 0 Å². The van der Waals surface area contributed by atoms with Crippen LogP contribution >= 0.6 is 0 Å². The zero-order valence-electron chi connectivity index (χ0n) is 43.5. The average molecular weight is 915 g/mol. The highest BCUT2D eigenvalue weighted by Gasteiger charge is 2.20. The second kappa shape index (κ2) is 54.7. The van der Waals surface area contributed by atoms with E-state index in [9.17, 15) is 19.8 Å². The Hall–Kier alpha value is -1.92. The summed E-state index contributed by atoms with van der Waals surface area (Å²) in [5.74, 6) is -0.0548. The van der Waals surface area contributed by atoms with Gasteiger partial charge in [-0.05, 0) is 83.5 Å². The van der Waals surface area contributed by atoms with E-state index in [2.05, 4.69) is 55.6 Å². The van der Waals surface area contributed by atoms with E-state index >= 15 is 0 Å². The van der Waals surface area contributed by atoms with Gasteiger partial charge in [0, 0.05) is 12.8 Å². The van der Waals surface area contributed by atoms with Crippen molar-refractivity contribution in [3.05, 3.63) is 36.5 Å². The molecule has 0 aliphatic carbocycles. The summed E-state index contributed by atoms with van der Waals surface area (Å²) in [6, 6.07) is -0.551. The van der Waals surface area contributed by atoms with Gasteiger partial charge in [-0.3, -0.25) is 9.59 Å². The van der Waals surface area contributed by atoms with Crippen molar-refractivity contribution in [3.63, 3.8) is 0 Å². The molecule has 6 heteroatoms. The Bertz CT molecular complexity index is 1060. The minimum absolute atomic E-state index is 0.00459. The SMILES string of the molecule is CCCCCC/C=C\C/C=C\CCCCCCCCCC(=O)OCCCCCCCCCCC/C=C\CCCCCCCC(=O)NC(CO)C(O)CCCCCCCCCCCCCC. The summed E-state index contributed by atoms with van der Waals surface area (Å²) in [6.07, 6.45) is 67.0. The summed E-state index contributed by atoms with van der Waals surface area (Å²) in [5, 5.41) is 23.2. The van der Waals surface area contributed by atoms with Gasteiger partial charge in [0.15, 0.2) is 0 Å². The van der Waals surface area contributed by atoms with E-state index in [-0.39, 0.29) is 18.5 Å². The number of rotatable bonds is 53. The van der Waals surface area contributed by atoms with Gasteiger partial charge in [0.25, 0.3) is 0 Å². The van der Waals surface area contributed by atoms with Crippen molar-refractivity contribution in [1.82, 2.24) is 5.32 Å². The first-order valence-corrected chi connectivity index (χ1v) is 28.7. The van der Waals surface area contributed by atoms with Crippen LogP contribution in [-0.4, -0.2) is 47.4 Å². The van der Waals surface area contributed by atoms with E-state index in [0.29, 0.717) is 25.9 Å². The molecule has 65 heavy (non-hydrogen) atoms. The summed E-state index contributed by atoms with van der Waals surface area (Å²) in [4.78, 5) is 24.5. The minimum Gasteiger partial charge on any atom is -0.466 e. The number of hydrogen-bond acceptors (Lipinski definition) is 5. The third-order valence-corrected chi connectivity index (χ3v) is 13.2. The van der Waals surface area contributed by atoms with Gasteiger partial charge >= 0.3 is 5.97 Å². The van der Waals surface area contributed by atoms with Crippen LogP contribution in [0.4, 0.5) is 0 Å². The van der Waals surface area contributed by atoms with Gasteiger partial charge in [-0.15, -0.1) is 0 Å². The van der Waals surface area contributed by atoms with Crippen LogP contribution < -0.4 is 5.32 Å². The zero-order valence-corrected chi connectivity index (χ0v) is 43.5. The molecule has 0 aliphatic rings. The van der Waals surface area contributed by atoms with Crippen molar-refractivity contribution in [3.8, 4) is 0 Å². The molecular weight excluding hydrogens is 803 g/mol. The van der Waals surface area contributed by atoms with E-state index < -0.39 is 12.1 Å². The van der Waals surface area contributed by atoms with Gasteiger partial charge in [0.2, 0.25) is 5.91 Å². The quantitative estimate of drug-likeness (QED) is 0.0321. The maximum Gasteiger partial charge on any atom is 0.305 e. The molecule has 0 aromatic rings. The number of carbonyl (C=O) groups excluding carboxylic acids is 2. The number of allylic oxidation sites excluding steroid dienone is 6. The highest BCUT2D eigenvalue weighted by molar-refractivity contribution is 5.76. The van der Waals surface area contributed by atoms with E-state index in [1.54, 1.807) is 0 Å². The Morgan fingerprint density at radius 1 is 0.431 bits per heavy atom. The third-order valence-electron chi connectivity index (χ3n) is 13.2. The molecule has 6 nitrogen and oxygen atoms in total. The summed E-state index contributed by atoms with van der Waals surface area (Å²) in [7, 11) is 0. The van der Waals surface area contributed by atoms with E-state index in [0.717, 1.165) is 64.2 Å². The lowest BCUT2D eigenvalue weighted by Gasteiger charge is -2.22. The van der Waals surface area contributed by atoms with Crippen LogP contribution in [0.25, 0.3) is 0 Å². The predicted molar refractivity (Wildman–Crippen MR) is 283 cm³/mol. The Morgan fingerprint density at radius 2 is 0.769 bits per heavy atom. The lowest BCUT2D eigenvalue weighted by Crippen LogP contribution is -2.45. The molecule has 0 spiro atoms. The molecule has 2 atom stereocenters. The first kappa shape index (κ1) is 63.1. The summed E-state index contributed by atoms with van der Waals surface area (Å²) < 4.78 is 5.48. The number of ether oxygens (including phenoxy) is 1. The molecular formula is C59H111NO5. The van der Waals surface area contributed by atoms with Crippen molar-refractivity contribution in [2.75, 3.05) is 13.2 Å². The van der Waals surface area contributed by atoms with Crippen molar-refractivity contribution in [1.29, 1.82) is 0 Å². The fourth-order valence-electron chi connectivity index (χ4n) is 8.72. The highest BCUT2D eigenvalue weighted by atomic mass is 16.5. The second-order valence-electron chi connectivity index (χ2n) is 19.6. The van der Waals surface area contributed by atoms with Crippen molar-refractivity contribution >= 4 is 11.9 Å². The van der Waals surface area contributed by atoms with Gasteiger partial charge in [-0.25, -0.2) is 0 Å². The lowest BCUT2D eigenvalue weighted by molar-refractivity contribution is -0.143. The standard InChI is InChI=1S/C59H111NO5/c1-3-5-7-9-11-13-15-17-18-19-23-26-29-33-37-41-45-49-53-59(64)65-54-50-46-42-38-34-30-27-24-21-20-22-25-28-32-36-40-44-48-52-58(63)60-56(55-61)57(62)51-47-43-39-35-31-16-14-12-10-8-6-4-2/h13,15,18-19,22,25,56-57,61-62H,3-12,14,16-17,20-21,23-24,26-55H2,1-2H3,(H,60,63)/b15-13-,19-18-,25-22-. The molecule has 0 radical (unpaired) electrons. The zero-order chi connectivity index (χ0) is 47.2. The molecule has 0 rings (SSSR count). The maximum atomic E-state index is 12.4. The molecule has 3 N–H and O–H groups in total. The molecule has 0 aromatic carbocycles. The summed E-state index contributed by atoms with van der Waals surface area (Å²) in [6.45, 7) is 4.91. The largest absolute Gasteiger partial charge is 0.466 e. The molecule has 1 amide bonds. The van der Waals surface area contributed by atoms with E-state index in [1.807, 2.05) is 0 Å².